The molecule has 0 atom stereocenters. The van der Waals surface area contributed by atoms with Crippen LogP contribution in [0, 0.1) is 0 Å². The summed E-state index contributed by atoms with van der Waals surface area (Å²) in [5.74, 6) is 0. The van der Waals surface area contributed by atoms with Gasteiger partial charge < -0.3 is 15.5 Å². The second-order valence-corrected chi connectivity index (χ2v) is 7.82. The first-order valence-electron chi connectivity index (χ1n) is 15.1. The topological polar surface area (TPSA) is 61.4 Å². The second kappa shape index (κ2) is 34.8. The van der Waals surface area contributed by atoms with Gasteiger partial charge in [0.15, 0.2) is 0 Å². The highest BCUT2D eigenvalue weighted by molar-refractivity contribution is 5.73. The SMILES string of the molecule is CC.CC.CC.CCCC.CCCCCCCCN(CC)CCCNc1c(NCCC)c(=O)c1=O. The van der Waals surface area contributed by atoms with E-state index >= 15 is 0 Å². The van der Waals surface area contributed by atoms with Crippen LogP contribution in [0.4, 0.5) is 11.4 Å². The third-order valence-corrected chi connectivity index (χ3v) is 5.19. The van der Waals surface area contributed by atoms with Crippen molar-refractivity contribution in [1.29, 1.82) is 0 Å². The molecule has 0 unspecified atom stereocenters. The summed E-state index contributed by atoms with van der Waals surface area (Å²) in [4.78, 5) is 25.7. The normalized spacial score (nSPS) is 9.49. The van der Waals surface area contributed by atoms with Crippen molar-refractivity contribution in [2.75, 3.05) is 43.4 Å². The number of unbranched alkanes of at least 4 members (excludes halogenated alkanes) is 6. The van der Waals surface area contributed by atoms with E-state index in [0.717, 1.165) is 45.6 Å². The van der Waals surface area contributed by atoms with Gasteiger partial charge in [-0.15, -0.1) is 0 Å². The van der Waals surface area contributed by atoms with E-state index in [1.807, 2.05) is 48.5 Å². The predicted octanol–water partition coefficient (Wildman–Crippen LogP) is 8.47. The van der Waals surface area contributed by atoms with Gasteiger partial charge in [0.2, 0.25) is 0 Å². The van der Waals surface area contributed by atoms with Gasteiger partial charge in [-0.1, -0.05) is 121 Å². The van der Waals surface area contributed by atoms with Crippen LogP contribution in [-0.4, -0.2) is 37.6 Å². The summed E-state index contributed by atoms with van der Waals surface area (Å²) in [5.41, 5.74) is 0.205. The highest BCUT2D eigenvalue weighted by atomic mass is 16.2. The molecule has 0 saturated carbocycles. The van der Waals surface area contributed by atoms with Crippen molar-refractivity contribution < 1.29 is 0 Å². The lowest BCUT2D eigenvalue weighted by atomic mass is 10.1. The standard InChI is InChI=1S/C20H37N3O2.C4H10.3C2H6/c1-4-7-8-9-10-11-15-23(6-3)16-12-14-22-18-17(21-13-5-2)19(24)20(18)25;1-3-4-2;3*1-2/h21-22H,4-16H2,1-3H3;3-4H2,1-2H3;3*1-2H3. The van der Waals surface area contributed by atoms with E-state index in [2.05, 4.69) is 43.2 Å². The van der Waals surface area contributed by atoms with Crippen molar-refractivity contribution in [1.82, 2.24) is 4.90 Å². The maximum atomic E-state index is 11.6. The fraction of sp³-hybridized carbons (Fsp3) is 0.867. The van der Waals surface area contributed by atoms with Crippen LogP contribution in [0.3, 0.4) is 0 Å². The first-order valence-corrected chi connectivity index (χ1v) is 15.1. The molecule has 0 fully saturated rings. The number of nitrogens with one attached hydrogen (secondary N) is 2. The second-order valence-electron chi connectivity index (χ2n) is 7.82. The Labute approximate surface area is 220 Å². The van der Waals surface area contributed by atoms with Gasteiger partial charge in [-0.25, -0.2) is 0 Å². The first-order chi connectivity index (χ1) is 17.1. The fourth-order valence-electron chi connectivity index (χ4n) is 3.04. The number of anilines is 2. The van der Waals surface area contributed by atoms with Gasteiger partial charge in [0.05, 0.1) is 0 Å². The summed E-state index contributed by atoms with van der Waals surface area (Å²) in [6, 6.07) is 0. The minimum Gasteiger partial charge on any atom is -0.380 e. The van der Waals surface area contributed by atoms with Gasteiger partial charge in [0, 0.05) is 13.1 Å². The molecule has 5 heteroatoms. The number of hydrogen-bond acceptors (Lipinski definition) is 5. The van der Waals surface area contributed by atoms with Gasteiger partial charge in [0.1, 0.15) is 11.4 Å². The molecule has 1 rings (SSSR count). The van der Waals surface area contributed by atoms with E-state index in [4.69, 9.17) is 0 Å². The van der Waals surface area contributed by atoms with Crippen LogP contribution in [-0.2, 0) is 0 Å². The summed E-state index contributed by atoms with van der Waals surface area (Å²) in [5, 5.41) is 6.19. The Balaban J connectivity index is -0.000000417. The lowest BCUT2D eigenvalue weighted by Gasteiger charge is -2.21. The summed E-state index contributed by atoms with van der Waals surface area (Å²) < 4.78 is 0. The van der Waals surface area contributed by atoms with Gasteiger partial charge in [-0.3, -0.25) is 9.59 Å². The van der Waals surface area contributed by atoms with E-state index in [1.54, 1.807) is 0 Å². The zero-order chi connectivity index (χ0) is 27.9. The Kier molecular flexibility index (Phi) is 40.6. The van der Waals surface area contributed by atoms with Crippen LogP contribution in [0.1, 0.15) is 140 Å². The number of nitrogens with zero attached hydrogens (tertiary/aromatic N) is 1. The summed E-state index contributed by atoms with van der Waals surface area (Å²) in [7, 11) is 0. The Bertz CT molecular complexity index is 564. The van der Waals surface area contributed by atoms with Crippen LogP contribution in [0.25, 0.3) is 0 Å². The largest absolute Gasteiger partial charge is 0.380 e. The maximum absolute atomic E-state index is 11.6. The molecule has 1 aromatic carbocycles. The average molecular weight is 500 g/mol. The van der Waals surface area contributed by atoms with Crippen LogP contribution >= 0.6 is 0 Å². The minimum atomic E-state index is -0.380. The molecule has 0 heterocycles. The molecule has 2 N–H and O–H groups in total. The molecular formula is C30H65N3O2. The highest BCUT2D eigenvalue weighted by Crippen LogP contribution is 2.14. The molecule has 0 spiro atoms. The van der Waals surface area contributed by atoms with Gasteiger partial charge in [-0.2, -0.15) is 0 Å². The average Bonchev–Trinajstić information content (AvgIpc) is 2.93. The lowest BCUT2D eigenvalue weighted by Crippen LogP contribution is -2.38. The lowest BCUT2D eigenvalue weighted by molar-refractivity contribution is 0.279. The van der Waals surface area contributed by atoms with Crippen molar-refractivity contribution in [2.24, 2.45) is 0 Å². The molecule has 0 aromatic heterocycles. The van der Waals surface area contributed by atoms with Crippen LogP contribution in [0.5, 0.6) is 0 Å². The van der Waals surface area contributed by atoms with E-state index in [1.165, 1.54) is 51.4 Å². The van der Waals surface area contributed by atoms with Crippen molar-refractivity contribution in [3.63, 3.8) is 0 Å². The number of rotatable bonds is 17. The molecule has 212 valence electrons. The quantitative estimate of drug-likeness (QED) is 0.166. The number of hydrogen-bond donors (Lipinski definition) is 2. The van der Waals surface area contributed by atoms with Crippen LogP contribution in [0.15, 0.2) is 9.59 Å². The van der Waals surface area contributed by atoms with Crippen LogP contribution < -0.4 is 21.5 Å². The molecule has 0 amide bonds. The van der Waals surface area contributed by atoms with Crippen molar-refractivity contribution in [3.05, 3.63) is 20.4 Å². The van der Waals surface area contributed by atoms with Crippen molar-refractivity contribution >= 4 is 11.4 Å². The monoisotopic (exact) mass is 500 g/mol. The summed E-state index contributed by atoms with van der Waals surface area (Å²) >= 11 is 0. The predicted molar refractivity (Wildman–Crippen MR) is 163 cm³/mol. The van der Waals surface area contributed by atoms with E-state index in [0.29, 0.717) is 11.4 Å². The van der Waals surface area contributed by atoms with Gasteiger partial charge in [-0.05, 0) is 38.9 Å². The van der Waals surface area contributed by atoms with Crippen LogP contribution in [0.2, 0.25) is 0 Å². The van der Waals surface area contributed by atoms with Crippen molar-refractivity contribution in [3.8, 4) is 0 Å². The molecule has 0 bridgehead atoms. The summed E-state index contributed by atoms with van der Waals surface area (Å²) in [6.45, 7) is 27.6. The zero-order valence-electron chi connectivity index (χ0n) is 25.9. The van der Waals surface area contributed by atoms with E-state index in [9.17, 15) is 9.59 Å². The van der Waals surface area contributed by atoms with E-state index < -0.39 is 0 Å². The van der Waals surface area contributed by atoms with E-state index in [-0.39, 0.29) is 10.9 Å². The van der Waals surface area contributed by atoms with Crippen molar-refractivity contribution in [2.45, 2.75) is 140 Å². The van der Waals surface area contributed by atoms with Gasteiger partial charge in [0.25, 0.3) is 10.9 Å². The molecule has 35 heavy (non-hydrogen) atoms. The molecule has 0 saturated heterocycles. The molecule has 5 nitrogen and oxygen atoms in total. The van der Waals surface area contributed by atoms with Gasteiger partial charge >= 0.3 is 0 Å². The Hall–Kier alpha value is -1.36. The zero-order valence-corrected chi connectivity index (χ0v) is 25.9. The molecule has 0 aliphatic carbocycles. The third-order valence-electron chi connectivity index (χ3n) is 5.19. The molecule has 0 radical (unpaired) electrons. The minimum absolute atomic E-state index is 0.377. The third kappa shape index (κ3) is 22.8. The molecule has 1 aromatic rings. The Morgan fingerprint density at radius 3 is 1.37 bits per heavy atom. The highest BCUT2D eigenvalue weighted by Gasteiger charge is 2.19. The molecule has 0 aliphatic rings. The fourth-order valence-corrected chi connectivity index (χ4v) is 3.04. The molecular weight excluding hydrogens is 434 g/mol. The Morgan fingerprint density at radius 2 is 0.943 bits per heavy atom. The molecule has 0 aliphatic heterocycles. The maximum Gasteiger partial charge on any atom is 0.253 e. The Morgan fingerprint density at radius 1 is 0.514 bits per heavy atom. The summed E-state index contributed by atoms with van der Waals surface area (Å²) in [6.07, 6.45) is 12.5. The first kappa shape index (κ1) is 40.8. The smallest absolute Gasteiger partial charge is 0.253 e.